The number of hydrogen-bond acceptors (Lipinski definition) is 2. The van der Waals surface area contributed by atoms with Crippen molar-refractivity contribution in [3.63, 3.8) is 0 Å². The molecule has 5 heteroatoms. The van der Waals surface area contributed by atoms with Crippen LogP contribution in [0.25, 0.3) is 0 Å². The number of halogens is 3. The normalized spacial score (nSPS) is 13.5. The van der Waals surface area contributed by atoms with Gasteiger partial charge >= 0.3 is 6.18 Å². The quantitative estimate of drug-likeness (QED) is 0.889. The number of thiophene rings is 1. The van der Waals surface area contributed by atoms with E-state index in [1.807, 2.05) is 12.3 Å². The molecule has 102 valence electrons. The molecule has 0 fully saturated rings. The molecule has 1 aromatic heterocycles. The summed E-state index contributed by atoms with van der Waals surface area (Å²) in [4.78, 5) is 0.986. The van der Waals surface area contributed by atoms with Crippen LogP contribution in [0.1, 0.15) is 27.7 Å². The largest absolute Gasteiger partial charge is 0.416 e. The lowest BCUT2D eigenvalue weighted by molar-refractivity contribution is -0.137. The Labute approximate surface area is 113 Å². The lowest BCUT2D eigenvalue weighted by Gasteiger charge is -2.12. The predicted octanol–water partition coefficient (Wildman–Crippen LogP) is 4.35. The van der Waals surface area contributed by atoms with Gasteiger partial charge in [0.1, 0.15) is 0 Å². The van der Waals surface area contributed by atoms with Gasteiger partial charge in [-0.1, -0.05) is 18.2 Å². The van der Waals surface area contributed by atoms with Gasteiger partial charge in [0.05, 0.1) is 11.7 Å². The van der Waals surface area contributed by atoms with Crippen LogP contribution in [0.15, 0.2) is 35.7 Å². The minimum absolute atomic E-state index is 0.182. The summed E-state index contributed by atoms with van der Waals surface area (Å²) >= 11 is 1.51. The van der Waals surface area contributed by atoms with E-state index >= 15 is 0 Å². The maximum absolute atomic E-state index is 12.6. The average Bonchev–Trinajstić information content (AvgIpc) is 2.75. The van der Waals surface area contributed by atoms with Crippen LogP contribution in [0.3, 0.4) is 0 Å². The van der Waals surface area contributed by atoms with Crippen molar-refractivity contribution in [2.24, 2.45) is 0 Å². The molecule has 1 N–H and O–H groups in total. The van der Waals surface area contributed by atoms with E-state index in [0.29, 0.717) is 5.56 Å². The van der Waals surface area contributed by atoms with Crippen molar-refractivity contribution in [2.45, 2.75) is 25.6 Å². The molecule has 0 saturated carbocycles. The van der Waals surface area contributed by atoms with E-state index in [0.717, 1.165) is 22.6 Å². The highest BCUT2D eigenvalue weighted by Crippen LogP contribution is 2.31. The molecule has 0 aliphatic carbocycles. The van der Waals surface area contributed by atoms with Crippen molar-refractivity contribution < 1.29 is 18.3 Å². The van der Waals surface area contributed by atoms with Gasteiger partial charge in [-0.25, -0.2) is 0 Å². The lowest BCUT2D eigenvalue weighted by Crippen LogP contribution is -2.07. The van der Waals surface area contributed by atoms with Gasteiger partial charge in [0.15, 0.2) is 0 Å². The van der Waals surface area contributed by atoms with Gasteiger partial charge in [0.2, 0.25) is 0 Å². The van der Waals surface area contributed by atoms with Gasteiger partial charge in [-0.3, -0.25) is 0 Å². The van der Waals surface area contributed by atoms with E-state index in [2.05, 4.69) is 0 Å². The number of aliphatic hydroxyl groups excluding tert-OH is 1. The third-order valence-corrected chi connectivity index (χ3v) is 3.80. The molecule has 0 saturated heterocycles. The molecule has 1 atom stereocenters. The fourth-order valence-corrected chi connectivity index (χ4v) is 2.71. The smallest absolute Gasteiger partial charge is 0.388 e. The van der Waals surface area contributed by atoms with E-state index in [-0.39, 0.29) is 6.42 Å². The van der Waals surface area contributed by atoms with Crippen molar-refractivity contribution in [2.75, 3.05) is 0 Å². The maximum atomic E-state index is 12.6. The van der Waals surface area contributed by atoms with Gasteiger partial charge in [0.25, 0.3) is 0 Å². The van der Waals surface area contributed by atoms with E-state index in [1.54, 1.807) is 12.1 Å². The number of rotatable bonds is 3. The van der Waals surface area contributed by atoms with Crippen LogP contribution >= 0.6 is 11.3 Å². The van der Waals surface area contributed by atoms with Crippen LogP contribution in [-0.4, -0.2) is 5.11 Å². The van der Waals surface area contributed by atoms with Crippen LogP contribution < -0.4 is 0 Å². The first-order chi connectivity index (χ1) is 8.88. The molecule has 1 heterocycles. The average molecular weight is 286 g/mol. The molecule has 1 aromatic carbocycles. The number of aryl methyl sites for hydroxylation is 1. The molecule has 2 aromatic rings. The molecular formula is C14H13F3OS. The minimum atomic E-state index is -4.35. The first-order valence-electron chi connectivity index (χ1n) is 5.76. The third-order valence-electron chi connectivity index (χ3n) is 2.94. The highest BCUT2D eigenvalue weighted by Gasteiger charge is 2.30. The van der Waals surface area contributed by atoms with Crippen molar-refractivity contribution >= 4 is 11.3 Å². The van der Waals surface area contributed by atoms with Crippen LogP contribution in [0.4, 0.5) is 13.2 Å². The molecule has 0 bridgehead atoms. The number of benzene rings is 1. The van der Waals surface area contributed by atoms with E-state index in [9.17, 15) is 18.3 Å². The topological polar surface area (TPSA) is 20.2 Å². The molecule has 0 aliphatic heterocycles. The molecule has 2 rings (SSSR count). The van der Waals surface area contributed by atoms with Crippen molar-refractivity contribution in [1.29, 1.82) is 0 Å². The Morgan fingerprint density at radius 2 is 2.00 bits per heavy atom. The summed E-state index contributed by atoms with van der Waals surface area (Å²) in [6.07, 6.45) is -4.93. The zero-order chi connectivity index (χ0) is 14.0. The summed E-state index contributed by atoms with van der Waals surface area (Å²) < 4.78 is 37.7. The summed E-state index contributed by atoms with van der Waals surface area (Å²) in [5.74, 6) is 0. The number of aliphatic hydroxyl groups is 1. The second-order valence-corrected chi connectivity index (χ2v) is 5.47. The fourth-order valence-electron chi connectivity index (χ4n) is 1.95. The van der Waals surface area contributed by atoms with Crippen molar-refractivity contribution in [1.82, 2.24) is 0 Å². The molecule has 0 aliphatic rings. The van der Waals surface area contributed by atoms with E-state index < -0.39 is 17.8 Å². The highest BCUT2D eigenvalue weighted by molar-refractivity contribution is 7.10. The fraction of sp³-hybridized carbons (Fsp3) is 0.286. The van der Waals surface area contributed by atoms with Crippen LogP contribution in [0.5, 0.6) is 0 Å². The molecule has 1 unspecified atom stereocenters. The molecule has 0 amide bonds. The summed E-state index contributed by atoms with van der Waals surface area (Å²) in [6.45, 7) is 1.88. The summed E-state index contributed by atoms with van der Waals surface area (Å²) in [7, 11) is 0. The Bertz CT molecular complexity index is 560. The SMILES string of the molecule is Cc1sccc1C(O)Cc1cccc(C(F)(F)F)c1. The van der Waals surface area contributed by atoms with Gasteiger partial charge in [-0.2, -0.15) is 13.2 Å². The minimum Gasteiger partial charge on any atom is -0.388 e. The van der Waals surface area contributed by atoms with Crippen LogP contribution in [-0.2, 0) is 12.6 Å². The zero-order valence-corrected chi connectivity index (χ0v) is 11.1. The Balaban J connectivity index is 2.18. The molecule has 1 nitrogen and oxygen atoms in total. The third kappa shape index (κ3) is 3.36. The first kappa shape index (κ1) is 14.1. The Morgan fingerprint density at radius 1 is 1.26 bits per heavy atom. The van der Waals surface area contributed by atoms with E-state index in [4.69, 9.17) is 0 Å². The Kier molecular flexibility index (Phi) is 3.96. The van der Waals surface area contributed by atoms with E-state index in [1.165, 1.54) is 17.4 Å². The van der Waals surface area contributed by atoms with Gasteiger partial charge in [0, 0.05) is 11.3 Å². The van der Waals surface area contributed by atoms with Crippen LogP contribution in [0.2, 0.25) is 0 Å². The van der Waals surface area contributed by atoms with Crippen molar-refractivity contribution in [3.8, 4) is 0 Å². The number of alkyl halides is 3. The predicted molar refractivity (Wildman–Crippen MR) is 69.2 cm³/mol. The standard InChI is InChI=1S/C14H13F3OS/c1-9-12(5-6-19-9)13(18)8-10-3-2-4-11(7-10)14(15,16)17/h2-7,13,18H,8H2,1H3. The molecule has 19 heavy (non-hydrogen) atoms. The van der Waals surface area contributed by atoms with Gasteiger partial charge in [-0.15, -0.1) is 11.3 Å². The zero-order valence-electron chi connectivity index (χ0n) is 10.2. The summed E-state index contributed by atoms with van der Waals surface area (Å²) in [5, 5.41) is 11.9. The molecular weight excluding hydrogens is 273 g/mol. The Hall–Kier alpha value is -1.33. The molecule has 0 spiro atoms. The summed E-state index contributed by atoms with van der Waals surface area (Å²) in [5.41, 5.74) is 0.578. The maximum Gasteiger partial charge on any atom is 0.416 e. The summed E-state index contributed by atoms with van der Waals surface area (Å²) in [6, 6.07) is 6.89. The van der Waals surface area contributed by atoms with Crippen molar-refractivity contribution in [3.05, 3.63) is 57.3 Å². The highest BCUT2D eigenvalue weighted by atomic mass is 32.1. The Morgan fingerprint density at radius 3 is 2.58 bits per heavy atom. The molecule has 0 radical (unpaired) electrons. The second kappa shape index (κ2) is 5.35. The van der Waals surface area contributed by atoms with Gasteiger partial charge < -0.3 is 5.11 Å². The van der Waals surface area contributed by atoms with Gasteiger partial charge in [-0.05, 0) is 35.6 Å². The van der Waals surface area contributed by atoms with Crippen LogP contribution in [0, 0.1) is 6.92 Å². The first-order valence-corrected chi connectivity index (χ1v) is 6.64. The monoisotopic (exact) mass is 286 g/mol. The number of hydrogen-bond donors (Lipinski definition) is 1. The lowest BCUT2D eigenvalue weighted by atomic mass is 10.0. The second-order valence-electron chi connectivity index (χ2n) is 4.35.